The lowest BCUT2D eigenvalue weighted by Gasteiger charge is -2.31. The lowest BCUT2D eigenvalue weighted by Crippen LogP contribution is -2.47. The largest absolute Gasteiger partial charge is 0.465 e. The first-order valence-electron chi connectivity index (χ1n) is 4.69. The summed E-state index contributed by atoms with van der Waals surface area (Å²) in [5.74, 6) is 0. The lowest BCUT2D eigenvalue weighted by atomic mass is 10.1. The topological polar surface area (TPSA) is 70.0 Å². The quantitative estimate of drug-likeness (QED) is 0.698. The van der Waals surface area contributed by atoms with Crippen molar-refractivity contribution in [2.24, 2.45) is 0 Å². The Morgan fingerprint density at radius 3 is 2.71 bits per heavy atom. The van der Waals surface area contributed by atoms with Crippen molar-refractivity contribution in [3.63, 3.8) is 0 Å². The molecular formula is C9H17NO4. The second-order valence-electron chi connectivity index (χ2n) is 4.15. The molecule has 0 aromatic rings. The standard InChI is InChI=1S/C9H17NO4/c1-6(11)4-7-5-14-9(2,3)10(7)8(12)13/h6-7,11H,4-5H2,1-3H3,(H,12,13)/t6?,7-/m1/s1. The van der Waals surface area contributed by atoms with Gasteiger partial charge in [0.2, 0.25) is 0 Å². The predicted octanol–water partition coefficient (Wildman–Crippen LogP) is 0.872. The van der Waals surface area contributed by atoms with Crippen LogP contribution in [0.25, 0.3) is 0 Å². The van der Waals surface area contributed by atoms with Crippen LogP contribution < -0.4 is 0 Å². The van der Waals surface area contributed by atoms with Crippen LogP contribution in [-0.2, 0) is 4.74 Å². The Morgan fingerprint density at radius 2 is 2.29 bits per heavy atom. The van der Waals surface area contributed by atoms with E-state index in [0.29, 0.717) is 13.0 Å². The highest BCUT2D eigenvalue weighted by atomic mass is 16.5. The fourth-order valence-corrected chi connectivity index (χ4v) is 1.84. The second kappa shape index (κ2) is 3.74. The number of aliphatic hydroxyl groups is 1. The fraction of sp³-hybridized carbons (Fsp3) is 0.889. The minimum absolute atomic E-state index is 0.248. The summed E-state index contributed by atoms with van der Waals surface area (Å²) in [6, 6.07) is -0.248. The monoisotopic (exact) mass is 203 g/mol. The van der Waals surface area contributed by atoms with Gasteiger partial charge in [-0.2, -0.15) is 0 Å². The fourth-order valence-electron chi connectivity index (χ4n) is 1.84. The van der Waals surface area contributed by atoms with E-state index >= 15 is 0 Å². The first-order valence-corrected chi connectivity index (χ1v) is 4.69. The molecule has 14 heavy (non-hydrogen) atoms. The van der Waals surface area contributed by atoms with Gasteiger partial charge in [0.15, 0.2) is 0 Å². The molecule has 5 nitrogen and oxygen atoms in total. The Balaban J connectivity index is 2.74. The number of hydrogen-bond acceptors (Lipinski definition) is 3. The molecule has 5 heteroatoms. The summed E-state index contributed by atoms with van der Waals surface area (Å²) in [5.41, 5.74) is -0.786. The van der Waals surface area contributed by atoms with Crippen LogP contribution in [-0.4, -0.2) is 45.7 Å². The van der Waals surface area contributed by atoms with Crippen molar-refractivity contribution in [1.82, 2.24) is 4.90 Å². The maximum Gasteiger partial charge on any atom is 0.409 e. The molecule has 1 aliphatic rings. The zero-order valence-corrected chi connectivity index (χ0v) is 8.73. The number of nitrogens with zero attached hydrogens (tertiary/aromatic N) is 1. The lowest BCUT2D eigenvalue weighted by molar-refractivity contribution is -0.0428. The molecule has 1 amide bonds. The molecular weight excluding hydrogens is 186 g/mol. The smallest absolute Gasteiger partial charge is 0.409 e. The van der Waals surface area contributed by atoms with Gasteiger partial charge in [0.05, 0.1) is 18.8 Å². The van der Waals surface area contributed by atoms with Gasteiger partial charge in [0.1, 0.15) is 5.72 Å². The van der Waals surface area contributed by atoms with E-state index in [9.17, 15) is 9.90 Å². The van der Waals surface area contributed by atoms with E-state index in [1.807, 2.05) is 0 Å². The molecule has 0 radical (unpaired) electrons. The van der Waals surface area contributed by atoms with Crippen molar-refractivity contribution in [3.05, 3.63) is 0 Å². The third-order valence-corrected chi connectivity index (χ3v) is 2.39. The number of hydrogen-bond donors (Lipinski definition) is 2. The average molecular weight is 203 g/mol. The number of aliphatic hydroxyl groups excluding tert-OH is 1. The van der Waals surface area contributed by atoms with Gasteiger partial charge in [0.25, 0.3) is 0 Å². The molecule has 1 aliphatic heterocycles. The van der Waals surface area contributed by atoms with E-state index in [1.54, 1.807) is 20.8 Å². The zero-order valence-electron chi connectivity index (χ0n) is 8.73. The maximum atomic E-state index is 11.0. The summed E-state index contributed by atoms with van der Waals surface area (Å²) in [4.78, 5) is 12.2. The SMILES string of the molecule is CC(O)C[C@@H]1COC(C)(C)N1C(=O)O. The Morgan fingerprint density at radius 1 is 1.71 bits per heavy atom. The highest BCUT2D eigenvalue weighted by Gasteiger charge is 2.43. The van der Waals surface area contributed by atoms with Crippen LogP contribution in [0.1, 0.15) is 27.2 Å². The maximum absolute atomic E-state index is 11.0. The number of carboxylic acid groups (broad SMARTS) is 1. The molecule has 0 aromatic heterocycles. The Kier molecular flexibility index (Phi) is 3.01. The minimum atomic E-state index is -1.00. The molecule has 0 aromatic carbocycles. The Hall–Kier alpha value is -0.810. The van der Waals surface area contributed by atoms with Crippen molar-refractivity contribution >= 4 is 6.09 Å². The molecule has 0 bridgehead atoms. The summed E-state index contributed by atoms with van der Waals surface area (Å²) in [7, 11) is 0. The summed E-state index contributed by atoms with van der Waals surface area (Å²) in [6.07, 6.45) is -1.10. The molecule has 0 aliphatic carbocycles. The summed E-state index contributed by atoms with van der Waals surface area (Å²) in [5, 5.41) is 18.2. The van der Waals surface area contributed by atoms with Crippen molar-refractivity contribution < 1.29 is 19.7 Å². The third-order valence-electron chi connectivity index (χ3n) is 2.39. The van der Waals surface area contributed by atoms with Crippen molar-refractivity contribution in [2.45, 2.75) is 45.1 Å². The van der Waals surface area contributed by atoms with E-state index in [-0.39, 0.29) is 6.04 Å². The van der Waals surface area contributed by atoms with Gasteiger partial charge < -0.3 is 14.9 Å². The molecule has 1 rings (SSSR count). The van der Waals surface area contributed by atoms with Crippen molar-refractivity contribution in [1.29, 1.82) is 0 Å². The van der Waals surface area contributed by atoms with Crippen molar-refractivity contribution in [3.8, 4) is 0 Å². The molecule has 1 saturated heterocycles. The molecule has 2 N–H and O–H groups in total. The van der Waals surface area contributed by atoms with Gasteiger partial charge >= 0.3 is 6.09 Å². The van der Waals surface area contributed by atoms with Gasteiger partial charge in [-0.1, -0.05) is 0 Å². The molecule has 1 fully saturated rings. The number of ether oxygens (including phenoxy) is 1. The first kappa shape index (κ1) is 11.3. The molecule has 2 atom stereocenters. The van der Waals surface area contributed by atoms with Crippen LogP contribution in [0, 0.1) is 0 Å². The average Bonchev–Trinajstić information content (AvgIpc) is 2.24. The summed E-state index contributed by atoms with van der Waals surface area (Å²) >= 11 is 0. The normalized spacial score (nSPS) is 27.7. The van der Waals surface area contributed by atoms with Crippen LogP contribution in [0.5, 0.6) is 0 Å². The first-order chi connectivity index (χ1) is 6.34. The van der Waals surface area contributed by atoms with Gasteiger partial charge in [-0.05, 0) is 27.2 Å². The van der Waals surface area contributed by atoms with Crippen LogP contribution in [0.15, 0.2) is 0 Å². The Bertz CT molecular complexity index is 227. The summed E-state index contributed by atoms with van der Waals surface area (Å²) in [6.45, 7) is 5.42. The predicted molar refractivity (Wildman–Crippen MR) is 50.0 cm³/mol. The van der Waals surface area contributed by atoms with Crippen molar-refractivity contribution in [2.75, 3.05) is 6.61 Å². The van der Waals surface area contributed by atoms with Gasteiger partial charge in [-0.15, -0.1) is 0 Å². The van der Waals surface area contributed by atoms with E-state index in [0.717, 1.165) is 0 Å². The minimum Gasteiger partial charge on any atom is -0.465 e. The molecule has 82 valence electrons. The zero-order chi connectivity index (χ0) is 10.9. The molecule has 1 heterocycles. The second-order valence-corrected chi connectivity index (χ2v) is 4.15. The van der Waals surface area contributed by atoms with Crippen LogP contribution in [0.4, 0.5) is 4.79 Å². The van der Waals surface area contributed by atoms with E-state index < -0.39 is 17.9 Å². The summed E-state index contributed by atoms with van der Waals surface area (Å²) < 4.78 is 5.36. The van der Waals surface area contributed by atoms with Crippen LogP contribution in [0.2, 0.25) is 0 Å². The highest BCUT2D eigenvalue weighted by molar-refractivity contribution is 5.66. The molecule has 0 saturated carbocycles. The van der Waals surface area contributed by atoms with Gasteiger partial charge in [-0.3, -0.25) is 4.90 Å². The highest BCUT2D eigenvalue weighted by Crippen LogP contribution is 2.29. The third kappa shape index (κ3) is 2.16. The molecule has 0 spiro atoms. The number of carbonyl (C=O) groups is 1. The number of amides is 1. The van der Waals surface area contributed by atoms with Crippen LogP contribution >= 0.6 is 0 Å². The van der Waals surface area contributed by atoms with Crippen LogP contribution in [0.3, 0.4) is 0 Å². The van der Waals surface area contributed by atoms with Gasteiger partial charge in [0, 0.05) is 0 Å². The van der Waals surface area contributed by atoms with Gasteiger partial charge in [-0.25, -0.2) is 4.79 Å². The van der Waals surface area contributed by atoms with E-state index in [1.165, 1.54) is 4.90 Å². The van der Waals surface area contributed by atoms with E-state index in [4.69, 9.17) is 9.84 Å². The molecule has 1 unspecified atom stereocenters. The van der Waals surface area contributed by atoms with E-state index in [2.05, 4.69) is 0 Å². The number of rotatable bonds is 2. The Labute approximate surface area is 83.3 Å².